The number of benzene rings is 1. The van der Waals surface area contributed by atoms with E-state index in [1.165, 1.54) is 17.1 Å². The molecule has 3 heterocycles. The van der Waals surface area contributed by atoms with Gasteiger partial charge in [0.1, 0.15) is 24.7 Å². The molecule has 28 heavy (non-hydrogen) atoms. The largest absolute Gasteiger partial charge is 0.486 e. The number of aryl methyl sites for hydroxylation is 1. The van der Waals surface area contributed by atoms with E-state index in [0.717, 1.165) is 0 Å². The van der Waals surface area contributed by atoms with E-state index in [0.29, 0.717) is 41.7 Å². The summed E-state index contributed by atoms with van der Waals surface area (Å²) in [5.41, 5.74) is 0.923. The molecule has 144 valence electrons. The standard InChI is InChI=1S/C19H18N4O5/c1-23-17(19(25)20-10-13-3-2-6-26-13)14(11-21-23)22-18(24)12-4-5-15-16(9-12)28-8-7-27-15/h2-6,9,11H,7-8,10H2,1H3,(H,20,25)(H,22,24). The first-order chi connectivity index (χ1) is 13.6. The van der Waals surface area contributed by atoms with Gasteiger partial charge < -0.3 is 24.5 Å². The lowest BCUT2D eigenvalue weighted by molar-refractivity contribution is 0.0939. The Morgan fingerprint density at radius 3 is 2.75 bits per heavy atom. The summed E-state index contributed by atoms with van der Waals surface area (Å²) >= 11 is 0. The first kappa shape index (κ1) is 17.7. The van der Waals surface area contributed by atoms with Crippen molar-refractivity contribution < 1.29 is 23.5 Å². The van der Waals surface area contributed by atoms with Crippen molar-refractivity contribution in [2.75, 3.05) is 18.5 Å². The van der Waals surface area contributed by atoms with Crippen LogP contribution < -0.4 is 20.1 Å². The van der Waals surface area contributed by atoms with E-state index in [-0.39, 0.29) is 24.1 Å². The van der Waals surface area contributed by atoms with Crippen molar-refractivity contribution in [1.82, 2.24) is 15.1 Å². The normalized spacial score (nSPS) is 12.5. The summed E-state index contributed by atoms with van der Waals surface area (Å²) in [6.45, 7) is 1.14. The predicted molar refractivity (Wildman–Crippen MR) is 98.5 cm³/mol. The summed E-state index contributed by atoms with van der Waals surface area (Å²) in [6, 6.07) is 8.43. The summed E-state index contributed by atoms with van der Waals surface area (Å²) in [4.78, 5) is 25.2. The van der Waals surface area contributed by atoms with Gasteiger partial charge in [-0.1, -0.05) is 0 Å². The second-order valence-electron chi connectivity index (χ2n) is 6.11. The van der Waals surface area contributed by atoms with Gasteiger partial charge in [-0.3, -0.25) is 14.3 Å². The highest BCUT2D eigenvalue weighted by Crippen LogP contribution is 2.31. The summed E-state index contributed by atoms with van der Waals surface area (Å²) in [6.07, 6.45) is 2.96. The quantitative estimate of drug-likeness (QED) is 0.699. The van der Waals surface area contributed by atoms with Crippen molar-refractivity contribution in [2.45, 2.75) is 6.54 Å². The van der Waals surface area contributed by atoms with Crippen LogP contribution in [-0.4, -0.2) is 34.8 Å². The van der Waals surface area contributed by atoms with Gasteiger partial charge in [0.2, 0.25) is 0 Å². The molecule has 4 rings (SSSR count). The molecule has 2 aromatic heterocycles. The van der Waals surface area contributed by atoms with E-state index in [2.05, 4.69) is 15.7 Å². The van der Waals surface area contributed by atoms with Crippen LogP contribution in [-0.2, 0) is 13.6 Å². The van der Waals surface area contributed by atoms with Crippen molar-refractivity contribution in [3.05, 3.63) is 59.8 Å². The Hall–Kier alpha value is -3.75. The van der Waals surface area contributed by atoms with Crippen LogP contribution in [0.1, 0.15) is 26.6 Å². The zero-order valence-electron chi connectivity index (χ0n) is 15.1. The second kappa shape index (κ2) is 7.47. The zero-order valence-corrected chi connectivity index (χ0v) is 15.1. The smallest absolute Gasteiger partial charge is 0.272 e. The number of nitrogens with zero attached hydrogens (tertiary/aromatic N) is 2. The third-order valence-electron chi connectivity index (χ3n) is 4.21. The average Bonchev–Trinajstić information content (AvgIpc) is 3.35. The van der Waals surface area contributed by atoms with Gasteiger partial charge in [0.15, 0.2) is 11.5 Å². The minimum Gasteiger partial charge on any atom is -0.486 e. The molecule has 0 saturated heterocycles. The molecule has 0 radical (unpaired) electrons. The summed E-state index contributed by atoms with van der Waals surface area (Å²) < 4.78 is 17.6. The maximum absolute atomic E-state index is 12.6. The van der Waals surface area contributed by atoms with Gasteiger partial charge in [-0.25, -0.2) is 0 Å². The van der Waals surface area contributed by atoms with E-state index in [1.807, 2.05) is 0 Å². The number of rotatable bonds is 5. The number of carbonyl (C=O) groups excluding carboxylic acids is 2. The van der Waals surface area contributed by atoms with Crippen LogP contribution in [0.25, 0.3) is 0 Å². The number of amides is 2. The molecule has 1 aliphatic heterocycles. The summed E-state index contributed by atoms with van der Waals surface area (Å²) in [7, 11) is 1.63. The molecule has 0 unspecified atom stereocenters. The van der Waals surface area contributed by atoms with Crippen molar-refractivity contribution in [3.63, 3.8) is 0 Å². The number of hydrogen-bond donors (Lipinski definition) is 2. The van der Waals surface area contributed by atoms with E-state index in [4.69, 9.17) is 13.9 Å². The van der Waals surface area contributed by atoms with Gasteiger partial charge in [-0.15, -0.1) is 0 Å². The molecule has 0 bridgehead atoms. The van der Waals surface area contributed by atoms with Crippen LogP contribution in [0.3, 0.4) is 0 Å². The van der Waals surface area contributed by atoms with Crippen molar-refractivity contribution >= 4 is 17.5 Å². The van der Waals surface area contributed by atoms with Gasteiger partial charge in [0.05, 0.1) is 24.7 Å². The molecule has 0 fully saturated rings. The number of carbonyl (C=O) groups is 2. The molecule has 9 heteroatoms. The monoisotopic (exact) mass is 382 g/mol. The molecule has 0 spiro atoms. The number of aromatic nitrogens is 2. The molecular formula is C19H18N4O5. The van der Waals surface area contributed by atoms with Crippen LogP contribution in [0.2, 0.25) is 0 Å². The number of nitrogens with one attached hydrogen (secondary N) is 2. The Morgan fingerprint density at radius 1 is 1.14 bits per heavy atom. The molecule has 2 amide bonds. The molecule has 0 aliphatic carbocycles. The molecule has 1 aromatic carbocycles. The van der Waals surface area contributed by atoms with E-state index < -0.39 is 0 Å². The number of furan rings is 1. The van der Waals surface area contributed by atoms with Crippen LogP contribution in [0.5, 0.6) is 11.5 Å². The highest BCUT2D eigenvalue weighted by atomic mass is 16.6. The van der Waals surface area contributed by atoms with E-state index >= 15 is 0 Å². The third-order valence-corrected chi connectivity index (χ3v) is 4.21. The molecule has 1 aliphatic rings. The van der Waals surface area contributed by atoms with Crippen molar-refractivity contribution in [2.24, 2.45) is 7.05 Å². The summed E-state index contributed by atoms with van der Waals surface area (Å²) in [5, 5.41) is 9.54. The van der Waals surface area contributed by atoms with Gasteiger partial charge in [0.25, 0.3) is 11.8 Å². The minimum atomic E-state index is -0.384. The first-order valence-corrected chi connectivity index (χ1v) is 8.65. The highest BCUT2D eigenvalue weighted by molar-refractivity contribution is 6.08. The van der Waals surface area contributed by atoms with Gasteiger partial charge in [-0.05, 0) is 30.3 Å². The van der Waals surface area contributed by atoms with Gasteiger partial charge in [-0.2, -0.15) is 5.10 Å². The Kier molecular flexibility index (Phi) is 4.71. The van der Waals surface area contributed by atoms with E-state index in [1.54, 1.807) is 37.4 Å². The molecule has 0 saturated carbocycles. The minimum absolute atomic E-state index is 0.229. The van der Waals surface area contributed by atoms with Gasteiger partial charge >= 0.3 is 0 Å². The second-order valence-corrected chi connectivity index (χ2v) is 6.11. The average molecular weight is 382 g/mol. The summed E-state index contributed by atoms with van der Waals surface area (Å²) in [5.74, 6) is 0.972. The van der Waals surface area contributed by atoms with Crippen molar-refractivity contribution in [1.29, 1.82) is 0 Å². The lowest BCUT2D eigenvalue weighted by Gasteiger charge is -2.18. The van der Waals surface area contributed by atoms with Crippen LogP contribution in [0.15, 0.2) is 47.2 Å². The molecular weight excluding hydrogens is 364 g/mol. The fraction of sp³-hybridized carbons (Fsp3) is 0.211. The molecule has 0 atom stereocenters. The number of fused-ring (bicyclic) bond motifs is 1. The Labute approximate surface area is 160 Å². The Morgan fingerprint density at radius 2 is 1.96 bits per heavy atom. The molecule has 9 nitrogen and oxygen atoms in total. The van der Waals surface area contributed by atoms with Crippen LogP contribution in [0.4, 0.5) is 5.69 Å². The Bertz CT molecular complexity index is 1010. The fourth-order valence-electron chi connectivity index (χ4n) is 2.84. The molecule has 3 aromatic rings. The van der Waals surface area contributed by atoms with Gasteiger partial charge in [0, 0.05) is 12.6 Å². The van der Waals surface area contributed by atoms with E-state index in [9.17, 15) is 9.59 Å². The SMILES string of the molecule is Cn1ncc(NC(=O)c2ccc3c(c2)OCCO3)c1C(=O)NCc1ccco1. The topological polar surface area (TPSA) is 108 Å². The predicted octanol–water partition coefficient (Wildman–Crippen LogP) is 1.97. The zero-order chi connectivity index (χ0) is 19.5. The number of anilines is 1. The Balaban J connectivity index is 1.49. The third kappa shape index (κ3) is 3.54. The number of hydrogen-bond acceptors (Lipinski definition) is 6. The highest BCUT2D eigenvalue weighted by Gasteiger charge is 2.21. The van der Waals surface area contributed by atoms with Crippen LogP contribution in [0, 0.1) is 0 Å². The maximum Gasteiger partial charge on any atom is 0.272 e. The van der Waals surface area contributed by atoms with Crippen molar-refractivity contribution in [3.8, 4) is 11.5 Å². The number of ether oxygens (including phenoxy) is 2. The maximum atomic E-state index is 12.6. The molecule has 2 N–H and O–H groups in total. The van der Waals surface area contributed by atoms with Crippen LogP contribution >= 0.6 is 0 Å². The fourth-order valence-corrected chi connectivity index (χ4v) is 2.84. The lowest BCUT2D eigenvalue weighted by Crippen LogP contribution is -2.26. The lowest BCUT2D eigenvalue weighted by atomic mass is 10.1. The first-order valence-electron chi connectivity index (χ1n) is 8.65.